The molecule has 2 atom stereocenters. The molecule has 0 bridgehead atoms. The summed E-state index contributed by atoms with van der Waals surface area (Å²) in [5.74, 6) is -1.89. The first-order valence-corrected chi connectivity index (χ1v) is 14.4. The molecule has 0 aliphatic carbocycles. The Labute approximate surface area is 247 Å². The van der Waals surface area contributed by atoms with Crippen molar-refractivity contribution in [1.82, 2.24) is 24.8 Å². The van der Waals surface area contributed by atoms with Crippen LogP contribution in [0.5, 0.6) is 6.01 Å². The van der Waals surface area contributed by atoms with Gasteiger partial charge in [0.05, 0.1) is 5.39 Å². The minimum atomic E-state index is -0.997. The Kier molecular flexibility index (Phi) is 7.67. The number of pyridine rings is 1. The lowest BCUT2D eigenvalue weighted by molar-refractivity contribution is -0.129. The van der Waals surface area contributed by atoms with E-state index in [-0.39, 0.29) is 42.4 Å². The highest BCUT2D eigenvalue weighted by Gasteiger charge is 2.31. The van der Waals surface area contributed by atoms with Gasteiger partial charge in [0.2, 0.25) is 0 Å². The third kappa shape index (κ3) is 5.13. The van der Waals surface area contributed by atoms with E-state index in [4.69, 9.17) is 21.3 Å². The minimum absolute atomic E-state index is 0.0626. The first kappa shape index (κ1) is 28.2. The molecule has 0 unspecified atom stereocenters. The van der Waals surface area contributed by atoms with Gasteiger partial charge in [0.1, 0.15) is 23.6 Å². The average Bonchev–Trinajstić information content (AvgIpc) is 3.40. The Bertz CT molecular complexity index is 1700. The summed E-state index contributed by atoms with van der Waals surface area (Å²) in [7, 11) is 2.05. The number of amides is 1. The van der Waals surface area contributed by atoms with Crippen molar-refractivity contribution in [3.05, 3.63) is 65.8 Å². The summed E-state index contributed by atoms with van der Waals surface area (Å²) in [6, 6.07) is 11.1. The number of hydrogen-bond donors (Lipinski definition) is 0. The van der Waals surface area contributed by atoms with Crippen LogP contribution >= 0.6 is 11.6 Å². The molecular weight excluding hydrogens is 562 g/mol. The number of carbonyl (C=O) groups excluding carboxylic acids is 1. The Morgan fingerprint density at radius 3 is 2.67 bits per heavy atom. The van der Waals surface area contributed by atoms with Crippen LogP contribution in [-0.4, -0.2) is 82.6 Å². The van der Waals surface area contributed by atoms with Gasteiger partial charge in [0, 0.05) is 53.9 Å². The average molecular weight is 593 g/mol. The van der Waals surface area contributed by atoms with Crippen LogP contribution in [0.1, 0.15) is 19.8 Å². The van der Waals surface area contributed by atoms with Gasteiger partial charge >= 0.3 is 6.01 Å². The fourth-order valence-corrected chi connectivity index (χ4v) is 6.26. The van der Waals surface area contributed by atoms with E-state index < -0.39 is 17.6 Å². The van der Waals surface area contributed by atoms with Gasteiger partial charge in [-0.25, -0.2) is 8.78 Å². The Hall–Kier alpha value is -3.89. The number of ether oxygens (including phenoxy) is 1. The van der Waals surface area contributed by atoms with E-state index in [1.165, 1.54) is 4.90 Å². The van der Waals surface area contributed by atoms with Crippen LogP contribution in [0, 0.1) is 5.82 Å². The van der Waals surface area contributed by atoms with Crippen molar-refractivity contribution >= 4 is 45.0 Å². The van der Waals surface area contributed by atoms with E-state index in [1.807, 2.05) is 36.1 Å². The molecule has 0 radical (unpaired) electrons. The monoisotopic (exact) mass is 592 g/mol. The summed E-state index contributed by atoms with van der Waals surface area (Å²) in [6.07, 6.45) is 3.65. The lowest BCUT2D eigenvalue weighted by Crippen LogP contribution is -2.54. The highest BCUT2D eigenvalue weighted by molar-refractivity contribution is 6.36. The molecule has 11 heteroatoms. The molecule has 0 spiro atoms. The van der Waals surface area contributed by atoms with Gasteiger partial charge in [-0.2, -0.15) is 9.97 Å². The number of likely N-dealkylation sites (N-methyl/N-ethyl adjacent to an activating group) is 1. The summed E-state index contributed by atoms with van der Waals surface area (Å²) < 4.78 is 36.2. The number of nitrogens with zero attached hydrogens (tertiary/aromatic N) is 6. The number of hydrogen-bond acceptors (Lipinski definition) is 7. The number of fused-ring (bicyclic) bond motifs is 2. The second kappa shape index (κ2) is 11.4. The SMILES string of the molecule is C=C(F)C(=O)N1CCN(c2nc(OC[C@@H]3CCCN3C)nc3c(F)c(-c4cccc5cccc(Cl)c45)ncc23)[C@H](C)C1. The van der Waals surface area contributed by atoms with E-state index >= 15 is 4.39 Å². The van der Waals surface area contributed by atoms with E-state index in [2.05, 4.69) is 28.5 Å². The van der Waals surface area contributed by atoms with Gasteiger partial charge in [-0.05, 0) is 44.8 Å². The predicted molar refractivity (Wildman–Crippen MR) is 160 cm³/mol. The number of aromatic nitrogens is 3. The number of rotatable bonds is 6. The fraction of sp³-hybridized carbons (Fsp3) is 0.355. The molecule has 2 aliphatic heterocycles. The molecule has 42 heavy (non-hydrogen) atoms. The van der Waals surface area contributed by atoms with Crippen molar-refractivity contribution < 1.29 is 18.3 Å². The molecule has 4 heterocycles. The second-order valence-corrected chi connectivity index (χ2v) is 11.3. The van der Waals surface area contributed by atoms with E-state index in [0.29, 0.717) is 40.3 Å². The minimum Gasteiger partial charge on any atom is -0.462 e. The molecule has 2 fully saturated rings. The van der Waals surface area contributed by atoms with Crippen molar-refractivity contribution in [1.29, 1.82) is 0 Å². The smallest absolute Gasteiger partial charge is 0.319 e. The fourth-order valence-electron chi connectivity index (χ4n) is 5.97. The van der Waals surface area contributed by atoms with E-state index in [1.54, 1.807) is 18.3 Å². The van der Waals surface area contributed by atoms with E-state index in [0.717, 1.165) is 24.8 Å². The van der Waals surface area contributed by atoms with Gasteiger partial charge in [-0.3, -0.25) is 9.78 Å². The van der Waals surface area contributed by atoms with Crippen LogP contribution in [-0.2, 0) is 4.79 Å². The maximum atomic E-state index is 16.5. The Morgan fingerprint density at radius 1 is 1.17 bits per heavy atom. The molecule has 0 N–H and O–H groups in total. The number of piperazine rings is 1. The highest BCUT2D eigenvalue weighted by Crippen LogP contribution is 2.38. The van der Waals surface area contributed by atoms with Crippen LogP contribution in [0.3, 0.4) is 0 Å². The largest absolute Gasteiger partial charge is 0.462 e. The van der Waals surface area contributed by atoms with Gasteiger partial charge in [-0.1, -0.05) is 48.5 Å². The van der Waals surface area contributed by atoms with Gasteiger partial charge < -0.3 is 19.4 Å². The summed E-state index contributed by atoms with van der Waals surface area (Å²) in [4.78, 5) is 31.7. The van der Waals surface area contributed by atoms with Crippen molar-refractivity contribution in [2.75, 3.05) is 44.7 Å². The molecule has 4 aromatic rings. The third-order valence-electron chi connectivity index (χ3n) is 8.25. The van der Waals surface area contributed by atoms with E-state index in [9.17, 15) is 9.18 Å². The van der Waals surface area contributed by atoms with Crippen LogP contribution in [0.15, 0.2) is 55.0 Å². The van der Waals surface area contributed by atoms with Crippen LogP contribution in [0.4, 0.5) is 14.6 Å². The summed E-state index contributed by atoms with van der Waals surface area (Å²) >= 11 is 6.56. The molecular formula is C31H31ClF2N6O2. The van der Waals surface area contributed by atoms with Gasteiger partial charge in [0.15, 0.2) is 11.6 Å². The zero-order valence-electron chi connectivity index (χ0n) is 23.5. The normalized spacial score (nSPS) is 19.5. The number of benzene rings is 2. The zero-order chi connectivity index (χ0) is 29.5. The lowest BCUT2D eigenvalue weighted by atomic mass is 10.0. The van der Waals surface area contributed by atoms with Crippen molar-refractivity contribution in [3.63, 3.8) is 0 Å². The van der Waals surface area contributed by atoms with Gasteiger partial charge in [-0.15, -0.1) is 0 Å². The molecule has 6 rings (SSSR count). The van der Waals surface area contributed by atoms with Crippen molar-refractivity contribution in [2.45, 2.75) is 31.8 Å². The second-order valence-electron chi connectivity index (χ2n) is 10.9. The number of carbonyl (C=O) groups is 1. The molecule has 2 saturated heterocycles. The molecule has 0 saturated carbocycles. The Morgan fingerprint density at radius 2 is 1.95 bits per heavy atom. The van der Waals surface area contributed by atoms with Crippen LogP contribution < -0.4 is 9.64 Å². The third-order valence-corrected chi connectivity index (χ3v) is 8.56. The molecule has 1 amide bonds. The topological polar surface area (TPSA) is 74.7 Å². The molecule has 2 aromatic carbocycles. The number of likely N-dealkylation sites (tertiary alicyclic amines) is 1. The summed E-state index contributed by atoms with van der Waals surface area (Å²) in [5.41, 5.74) is 0.753. The van der Waals surface area contributed by atoms with Crippen molar-refractivity contribution in [2.24, 2.45) is 0 Å². The number of anilines is 1. The quantitative estimate of drug-likeness (QED) is 0.269. The van der Waals surface area contributed by atoms with Crippen LogP contribution in [0.2, 0.25) is 5.02 Å². The maximum absolute atomic E-state index is 16.5. The molecule has 2 aliphatic rings. The first-order valence-electron chi connectivity index (χ1n) is 14.0. The maximum Gasteiger partial charge on any atom is 0.319 e. The Balaban J connectivity index is 1.45. The molecule has 8 nitrogen and oxygen atoms in total. The first-order chi connectivity index (χ1) is 20.2. The zero-order valence-corrected chi connectivity index (χ0v) is 24.2. The highest BCUT2D eigenvalue weighted by atomic mass is 35.5. The van der Waals surface area contributed by atoms with Gasteiger partial charge in [0.25, 0.3) is 5.91 Å². The standard InChI is InChI=1S/C31H31ClF2N6O2/c1-18-16-39(30(41)19(2)33)13-14-40(18)29-23-15-35-27(22-10-4-7-20-8-5-11-24(32)25(20)22)26(34)28(23)36-31(37-29)42-17-21-9-6-12-38(21)3/h4-5,7-8,10-11,15,18,21H,2,6,9,12-14,16-17H2,1,3H3/t18-,21+/m1/s1. The van der Waals surface area contributed by atoms with Crippen molar-refractivity contribution in [3.8, 4) is 17.3 Å². The number of halogens is 3. The predicted octanol–water partition coefficient (Wildman–Crippen LogP) is 5.63. The van der Waals surface area contributed by atoms with Crippen LogP contribution in [0.25, 0.3) is 32.9 Å². The molecule has 218 valence electrons. The molecule has 2 aromatic heterocycles. The summed E-state index contributed by atoms with van der Waals surface area (Å²) in [6.45, 7) is 7.25. The lowest BCUT2D eigenvalue weighted by Gasteiger charge is -2.40. The summed E-state index contributed by atoms with van der Waals surface area (Å²) in [5, 5.41) is 2.47.